The second-order valence-corrected chi connectivity index (χ2v) is 9.63. The zero-order valence-corrected chi connectivity index (χ0v) is 15.7. The zero-order chi connectivity index (χ0) is 16.5. The summed E-state index contributed by atoms with van der Waals surface area (Å²) in [5, 5.41) is 8.86. The Morgan fingerprint density at radius 3 is 2.68 bits per heavy atom. The van der Waals surface area contributed by atoms with Crippen molar-refractivity contribution in [3.05, 3.63) is 22.2 Å². The Morgan fingerprint density at radius 2 is 2.09 bits per heavy atom. The Balaban J connectivity index is 2.62. The molecule has 0 aromatic carbocycles. The molecule has 0 aliphatic carbocycles. The van der Waals surface area contributed by atoms with E-state index in [0.29, 0.717) is 12.1 Å². The summed E-state index contributed by atoms with van der Waals surface area (Å²) in [5.74, 6) is 0.276. The van der Waals surface area contributed by atoms with Crippen LogP contribution in [0.5, 0.6) is 5.75 Å². The van der Waals surface area contributed by atoms with E-state index in [1.54, 1.807) is 43.6 Å². The SMILES string of the molecule is CC(C)(C)S(=O)(=O)c1cn2c(I)cnc2cc1OCCCO. The van der Waals surface area contributed by atoms with Crippen molar-refractivity contribution in [1.29, 1.82) is 0 Å². The first-order valence-corrected chi connectivity index (χ1v) is 9.39. The van der Waals surface area contributed by atoms with Crippen molar-refractivity contribution in [2.75, 3.05) is 13.2 Å². The molecule has 0 bridgehead atoms. The number of aromatic nitrogens is 2. The molecule has 0 saturated carbocycles. The summed E-state index contributed by atoms with van der Waals surface area (Å²) >= 11 is 2.10. The van der Waals surface area contributed by atoms with E-state index in [0.717, 1.165) is 3.70 Å². The number of sulfone groups is 1. The monoisotopic (exact) mass is 438 g/mol. The van der Waals surface area contributed by atoms with Gasteiger partial charge in [-0.3, -0.25) is 4.40 Å². The number of rotatable bonds is 5. The lowest BCUT2D eigenvalue weighted by Gasteiger charge is -2.21. The summed E-state index contributed by atoms with van der Waals surface area (Å²) in [6.07, 6.45) is 3.66. The highest BCUT2D eigenvalue weighted by molar-refractivity contribution is 14.1. The molecule has 2 heterocycles. The minimum Gasteiger partial charge on any atom is -0.492 e. The standard InChI is InChI=1S/C14H19IN2O4S/c1-14(2,3)22(19,20)11-9-17-12(15)8-16-13(17)7-10(11)21-6-4-5-18/h7-9,18H,4-6H2,1-3H3. The molecule has 2 aromatic rings. The van der Waals surface area contributed by atoms with Crippen molar-refractivity contribution in [2.45, 2.75) is 36.8 Å². The number of halogens is 1. The predicted octanol–water partition coefficient (Wildman–Crippen LogP) is 2.27. The molecule has 0 aliphatic heterocycles. The fourth-order valence-corrected chi connectivity index (χ4v) is 3.66. The number of imidazole rings is 1. The average molecular weight is 438 g/mol. The molecule has 0 spiro atoms. The van der Waals surface area contributed by atoms with Crippen molar-refractivity contribution < 1.29 is 18.3 Å². The summed E-state index contributed by atoms with van der Waals surface area (Å²) < 4.78 is 32.8. The molecule has 2 rings (SSSR count). The summed E-state index contributed by atoms with van der Waals surface area (Å²) in [6.45, 7) is 5.21. The minimum atomic E-state index is -3.57. The molecule has 0 fully saturated rings. The highest BCUT2D eigenvalue weighted by Crippen LogP contribution is 2.33. The topological polar surface area (TPSA) is 80.9 Å². The van der Waals surface area contributed by atoms with Gasteiger partial charge in [-0.25, -0.2) is 13.4 Å². The summed E-state index contributed by atoms with van der Waals surface area (Å²) in [5.41, 5.74) is 0.622. The largest absolute Gasteiger partial charge is 0.492 e. The Morgan fingerprint density at radius 1 is 1.41 bits per heavy atom. The van der Waals surface area contributed by atoms with Crippen LogP contribution in [0.15, 0.2) is 23.4 Å². The third-order valence-electron chi connectivity index (χ3n) is 3.19. The van der Waals surface area contributed by atoms with Gasteiger partial charge in [0.05, 0.1) is 17.6 Å². The van der Waals surface area contributed by atoms with E-state index < -0.39 is 14.6 Å². The average Bonchev–Trinajstić information content (AvgIpc) is 2.78. The summed E-state index contributed by atoms with van der Waals surface area (Å²) in [7, 11) is -3.57. The van der Waals surface area contributed by atoms with E-state index in [2.05, 4.69) is 27.6 Å². The molecule has 0 saturated heterocycles. The number of aliphatic hydroxyl groups excluding tert-OH is 1. The Hall–Kier alpha value is -0.870. The van der Waals surface area contributed by atoms with Gasteiger partial charge >= 0.3 is 0 Å². The molecule has 0 aliphatic rings. The Kier molecular flexibility index (Phi) is 5.03. The lowest BCUT2D eigenvalue weighted by molar-refractivity contribution is 0.230. The number of aliphatic hydroxyl groups is 1. The maximum absolute atomic E-state index is 12.8. The van der Waals surface area contributed by atoms with Crippen LogP contribution >= 0.6 is 22.6 Å². The van der Waals surface area contributed by atoms with Gasteiger partial charge in [-0.15, -0.1) is 0 Å². The first-order chi connectivity index (χ1) is 10.2. The molecular weight excluding hydrogens is 419 g/mol. The molecule has 8 heteroatoms. The van der Waals surface area contributed by atoms with Crippen LogP contribution in [0.1, 0.15) is 27.2 Å². The van der Waals surface area contributed by atoms with E-state index >= 15 is 0 Å². The smallest absolute Gasteiger partial charge is 0.188 e. The number of hydrogen-bond acceptors (Lipinski definition) is 5. The molecule has 0 atom stereocenters. The van der Waals surface area contributed by atoms with Crippen molar-refractivity contribution in [2.24, 2.45) is 0 Å². The van der Waals surface area contributed by atoms with Gasteiger partial charge in [0, 0.05) is 25.3 Å². The zero-order valence-electron chi connectivity index (χ0n) is 12.7. The van der Waals surface area contributed by atoms with Crippen LogP contribution in [0.2, 0.25) is 0 Å². The summed E-state index contributed by atoms with van der Waals surface area (Å²) in [4.78, 5) is 4.36. The number of nitrogens with zero attached hydrogens (tertiary/aromatic N) is 2. The molecule has 0 unspecified atom stereocenters. The maximum Gasteiger partial charge on any atom is 0.188 e. The number of hydrogen-bond donors (Lipinski definition) is 1. The van der Waals surface area contributed by atoms with Gasteiger partial charge in [0.1, 0.15) is 20.0 Å². The second kappa shape index (κ2) is 6.32. The normalized spacial score (nSPS) is 12.8. The van der Waals surface area contributed by atoms with Crippen LogP contribution in [0.25, 0.3) is 5.65 Å². The molecule has 22 heavy (non-hydrogen) atoms. The van der Waals surface area contributed by atoms with Crippen molar-refractivity contribution in [3.8, 4) is 5.75 Å². The highest BCUT2D eigenvalue weighted by atomic mass is 127. The van der Waals surface area contributed by atoms with Crippen LogP contribution in [-0.4, -0.2) is 40.9 Å². The quantitative estimate of drug-likeness (QED) is 0.573. The first-order valence-electron chi connectivity index (χ1n) is 6.83. The van der Waals surface area contributed by atoms with Gasteiger partial charge in [-0.1, -0.05) is 0 Å². The van der Waals surface area contributed by atoms with Crippen LogP contribution < -0.4 is 4.74 Å². The van der Waals surface area contributed by atoms with Crippen molar-refractivity contribution >= 4 is 38.1 Å². The highest BCUT2D eigenvalue weighted by Gasteiger charge is 2.34. The van der Waals surface area contributed by atoms with Crippen LogP contribution in [0.3, 0.4) is 0 Å². The number of pyridine rings is 1. The maximum atomic E-state index is 12.8. The Bertz CT molecular complexity index is 778. The van der Waals surface area contributed by atoms with Crippen LogP contribution in [-0.2, 0) is 9.84 Å². The van der Waals surface area contributed by atoms with Gasteiger partial charge in [0.15, 0.2) is 9.84 Å². The Labute approximate surface area is 143 Å². The molecule has 2 aromatic heterocycles. The fraction of sp³-hybridized carbons (Fsp3) is 0.500. The molecule has 0 amide bonds. The molecule has 122 valence electrons. The molecule has 1 N–H and O–H groups in total. The van der Waals surface area contributed by atoms with E-state index in [1.807, 2.05) is 0 Å². The molecule has 0 radical (unpaired) electrons. The van der Waals surface area contributed by atoms with Gasteiger partial charge in [-0.2, -0.15) is 0 Å². The summed E-state index contributed by atoms with van der Waals surface area (Å²) in [6, 6.07) is 1.62. The van der Waals surface area contributed by atoms with Gasteiger partial charge in [0.2, 0.25) is 0 Å². The predicted molar refractivity (Wildman–Crippen MR) is 92.0 cm³/mol. The molecule has 6 nitrogen and oxygen atoms in total. The van der Waals surface area contributed by atoms with Gasteiger partial charge in [-0.05, 0) is 43.4 Å². The molecular formula is C14H19IN2O4S. The minimum absolute atomic E-state index is 0.00905. The van der Waals surface area contributed by atoms with Crippen LogP contribution in [0, 0.1) is 3.70 Å². The third-order valence-corrected chi connectivity index (χ3v) is 6.48. The van der Waals surface area contributed by atoms with E-state index in [4.69, 9.17) is 9.84 Å². The van der Waals surface area contributed by atoms with Crippen molar-refractivity contribution in [3.63, 3.8) is 0 Å². The van der Waals surface area contributed by atoms with E-state index in [9.17, 15) is 8.42 Å². The van der Waals surface area contributed by atoms with Gasteiger partial charge < -0.3 is 9.84 Å². The van der Waals surface area contributed by atoms with Gasteiger partial charge in [0.25, 0.3) is 0 Å². The van der Waals surface area contributed by atoms with Crippen molar-refractivity contribution in [1.82, 2.24) is 9.38 Å². The lowest BCUT2D eigenvalue weighted by Crippen LogP contribution is -2.28. The number of fused-ring (bicyclic) bond motifs is 1. The first kappa shape index (κ1) is 17.5. The van der Waals surface area contributed by atoms with E-state index in [-0.39, 0.29) is 23.9 Å². The third kappa shape index (κ3) is 3.23. The van der Waals surface area contributed by atoms with E-state index in [1.165, 1.54) is 0 Å². The second-order valence-electron chi connectivity index (χ2n) is 5.85. The lowest BCUT2D eigenvalue weighted by atomic mass is 10.3. The van der Waals surface area contributed by atoms with Crippen LogP contribution in [0.4, 0.5) is 0 Å². The fourth-order valence-electron chi connectivity index (χ4n) is 1.85. The number of ether oxygens (including phenoxy) is 1.